The summed E-state index contributed by atoms with van der Waals surface area (Å²) < 4.78 is 5.48. The first-order chi connectivity index (χ1) is 12.9. The van der Waals surface area contributed by atoms with Gasteiger partial charge in [0.2, 0.25) is 5.91 Å². The average Bonchev–Trinajstić information content (AvgIpc) is 2.64. The summed E-state index contributed by atoms with van der Waals surface area (Å²) in [5, 5.41) is 4.00. The van der Waals surface area contributed by atoms with Gasteiger partial charge in [0.1, 0.15) is 6.04 Å². The second-order valence-corrected chi connectivity index (χ2v) is 8.75. The van der Waals surface area contributed by atoms with E-state index in [1.807, 2.05) is 24.3 Å². The number of hydrogen-bond acceptors (Lipinski definition) is 4. The molecular formula is C21H32ClN3O2. The SMILES string of the molecule is CC(C)(CN1CCCCC1)NC(=O)C(c1ccc(Cl)cc1)N1CCOCC1. The minimum Gasteiger partial charge on any atom is -0.379 e. The molecule has 2 fully saturated rings. The lowest BCUT2D eigenvalue weighted by atomic mass is 9.99. The second-order valence-electron chi connectivity index (χ2n) is 8.31. The van der Waals surface area contributed by atoms with Crippen LogP contribution in [0.5, 0.6) is 0 Å². The predicted molar refractivity (Wildman–Crippen MR) is 109 cm³/mol. The molecule has 27 heavy (non-hydrogen) atoms. The zero-order valence-electron chi connectivity index (χ0n) is 16.5. The van der Waals surface area contributed by atoms with Crippen molar-refractivity contribution in [2.75, 3.05) is 45.9 Å². The van der Waals surface area contributed by atoms with Gasteiger partial charge >= 0.3 is 0 Å². The number of nitrogens with one attached hydrogen (secondary N) is 1. The Bertz CT molecular complexity index is 608. The van der Waals surface area contributed by atoms with Crippen LogP contribution in [0.25, 0.3) is 0 Å². The second kappa shape index (κ2) is 9.37. The zero-order valence-corrected chi connectivity index (χ0v) is 17.3. The molecule has 6 heteroatoms. The van der Waals surface area contributed by atoms with Gasteiger partial charge in [-0.1, -0.05) is 30.2 Å². The first-order valence-electron chi connectivity index (χ1n) is 10.1. The molecule has 0 radical (unpaired) electrons. The van der Waals surface area contributed by atoms with Crippen LogP contribution in [-0.4, -0.2) is 67.2 Å². The molecule has 1 N–H and O–H groups in total. The summed E-state index contributed by atoms with van der Waals surface area (Å²) in [6.45, 7) is 10.2. The first-order valence-corrected chi connectivity index (χ1v) is 10.4. The van der Waals surface area contributed by atoms with E-state index in [0.717, 1.165) is 38.3 Å². The molecule has 1 unspecified atom stereocenters. The molecule has 1 atom stereocenters. The third kappa shape index (κ3) is 5.92. The van der Waals surface area contributed by atoms with E-state index >= 15 is 0 Å². The number of halogens is 1. The molecule has 1 aromatic carbocycles. The highest BCUT2D eigenvalue weighted by molar-refractivity contribution is 6.30. The molecule has 0 saturated carbocycles. The molecule has 2 aliphatic heterocycles. The smallest absolute Gasteiger partial charge is 0.242 e. The summed E-state index contributed by atoms with van der Waals surface area (Å²) in [5.41, 5.74) is 0.707. The van der Waals surface area contributed by atoms with Crippen molar-refractivity contribution in [2.24, 2.45) is 0 Å². The number of likely N-dealkylation sites (tertiary alicyclic amines) is 1. The Hall–Kier alpha value is -1.14. The molecule has 150 valence electrons. The number of rotatable bonds is 6. The highest BCUT2D eigenvalue weighted by Crippen LogP contribution is 2.25. The number of piperidine rings is 1. The van der Waals surface area contributed by atoms with Gasteiger partial charge < -0.3 is 15.0 Å². The zero-order chi connectivity index (χ0) is 19.3. The van der Waals surface area contributed by atoms with Crippen LogP contribution < -0.4 is 5.32 Å². The van der Waals surface area contributed by atoms with Gasteiger partial charge in [-0.2, -0.15) is 0 Å². The van der Waals surface area contributed by atoms with Crippen molar-refractivity contribution in [1.82, 2.24) is 15.1 Å². The Morgan fingerprint density at radius 1 is 1.11 bits per heavy atom. The Labute approximate surface area is 168 Å². The van der Waals surface area contributed by atoms with Crippen LogP contribution in [-0.2, 0) is 9.53 Å². The predicted octanol–water partition coefficient (Wildman–Crippen LogP) is 3.09. The monoisotopic (exact) mass is 393 g/mol. The first kappa shape index (κ1) is 20.6. The van der Waals surface area contributed by atoms with E-state index in [4.69, 9.17) is 16.3 Å². The minimum absolute atomic E-state index is 0.0567. The maximum atomic E-state index is 13.3. The van der Waals surface area contributed by atoms with Gasteiger partial charge in [0, 0.05) is 30.2 Å². The van der Waals surface area contributed by atoms with Crippen molar-refractivity contribution in [3.8, 4) is 0 Å². The number of carbonyl (C=O) groups excluding carboxylic acids is 1. The van der Waals surface area contributed by atoms with E-state index in [1.165, 1.54) is 19.3 Å². The lowest BCUT2D eigenvalue weighted by Gasteiger charge is -2.39. The molecule has 0 aliphatic carbocycles. The summed E-state index contributed by atoms with van der Waals surface area (Å²) >= 11 is 6.06. The Kier molecular flexibility index (Phi) is 7.15. The minimum atomic E-state index is -0.313. The molecule has 1 amide bonds. The number of ether oxygens (including phenoxy) is 1. The Morgan fingerprint density at radius 2 is 1.74 bits per heavy atom. The number of hydrogen-bond donors (Lipinski definition) is 1. The molecule has 1 aromatic rings. The van der Waals surface area contributed by atoms with Gasteiger partial charge in [-0.3, -0.25) is 9.69 Å². The van der Waals surface area contributed by atoms with Crippen LogP contribution in [0.2, 0.25) is 5.02 Å². The van der Waals surface area contributed by atoms with Gasteiger partial charge in [-0.15, -0.1) is 0 Å². The van der Waals surface area contributed by atoms with Gasteiger partial charge in [-0.25, -0.2) is 0 Å². The van der Waals surface area contributed by atoms with E-state index in [1.54, 1.807) is 0 Å². The van der Waals surface area contributed by atoms with Crippen molar-refractivity contribution < 1.29 is 9.53 Å². The van der Waals surface area contributed by atoms with E-state index in [2.05, 4.69) is 29.0 Å². The highest BCUT2D eigenvalue weighted by atomic mass is 35.5. The quantitative estimate of drug-likeness (QED) is 0.806. The van der Waals surface area contributed by atoms with Gasteiger partial charge in [0.05, 0.1) is 13.2 Å². The van der Waals surface area contributed by atoms with E-state index in [9.17, 15) is 4.79 Å². The van der Waals surface area contributed by atoms with Crippen molar-refractivity contribution in [3.63, 3.8) is 0 Å². The van der Waals surface area contributed by atoms with Crippen LogP contribution in [0.1, 0.15) is 44.7 Å². The van der Waals surface area contributed by atoms with Crippen LogP contribution >= 0.6 is 11.6 Å². The van der Waals surface area contributed by atoms with Crippen LogP contribution in [0, 0.1) is 0 Å². The Balaban J connectivity index is 1.72. The number of benzene rings is 1. The third-order valence-corrected chi connectivity index (χ3v) is 5.63. The standard InChI is InChI=1S/C21H32ClN3O2/c1-21(2,16-24-10-4-3-5-11-24)23-20(26)19(25-12-14-27-15-13-25)17-6-8-18(22)9-7-17/h6-9,19H,3-5,10-16H2,1-2H3,(H,23,26). The van der Waals surface area contributed by atoms with Crippen LogP contribution in [0.15, 0.2) is 24.3 Å². The van der Waals surface area contributed by atoms with Crippen molar-refractivity contribution in [1.29, 1.82) is 0 Å². The fraction of sp³-hybridized carbons (Fsp3) is 0.667. The molecular weight excluding hydrogens is 362 g/mol. The molecule has 2 saturated heterocycles. The average molecular weight is 394 g/mol. The Morgan fingerprint density at radius 3 is 2.37 bits per heavy atom. The normalized spacial score (nSPS) is 21.0. The summed E-state index contributed by atoms with van der Waals surface area (Å²) in [6, 6.07) is 7.32. The highest BCUT2D eigenvalue weighted by Gasteiger charge is 2.33. The van der Waals surface area contributed by atoms with E-state index in [-0.39, 0.29) is 17.5 Å². The van der Waals surface area contributed by atoms with Crippen LogP contribution in [0.3, 0.4) is 0 Å². The maximum Gasteiger partial charge on any atom is 0.242 e. The lowest BCUT2D eigenvalue weighted by molar-refractivity contribution is -0.130. The van der Waals surface area contributed by atoms with Crippen molar-refractivity contribution in [2.45, 2.75) is 44.7 Å². The maximum absolute atomic E-state index is 13.3. The molecule has 2 aliphatic rings. The van der Waals surface area contributed by atoms with E-state index in [0.29, 0.717) is 18.2 Å². The van der Waals surface area contributed by atoms with Crippen molar-refractivity contribution >= 4 is 17.5 Å². The molecule has 3 rings (SSSR count). The van der Waals surface area contributed by atoms with Gasteiger partial charge in [-0.05, 0) is 57.5 Å². The molecule has 0 aromatic heterocycles. The molecule has 2 heterocycles. The fourth-order valence-electron chi connectivity index (χ4n) is 4.13. The molecule has 0 bridgehead atoms. The molecule has 0 spiro atoms. The third-order valence-electron chi connectivity index (χ3n) is 5.37. The number of morpholine rings is 1. The molecule has 5 nitrogen and oxygen atoms in total. The van der Waals surface area contributed by atoms with E-state index < -0.39 is 0 Å². The largest absolute Gasteiger partial charge is 0.379 e. The van der Waals surface area contributed by atoms with Gasteiger partial charge in [0.25, 0.3) is 0 Å². The summed E-state index contributed by atoms with van der Waals surface area (Å²) in [7, 11) is 0. The summed E-state index contributed by atoms with van der Waals surface area (Å²) in [4.78, 5) is 18.0. The number of nitrogens with zero attached hydrogens (tertiary/aromatic N) is 2. The van der Waals surface area contributed by atoms with Gasteiger partial charge in [0.15, 0.2) is 0 Å². The van der Waals surface area contributed by atoms with Crippen LogP contribution in [0.4, 0.5) is 0 Å². The topological polar surface area (TPSA) is 44.8 Å². The number of carbonyl (C=O) groups is 1. The summed E-state index contributed by atoms with van der Waals surface area (Å²) in [5.74, 6) is 0.0567. The van der Waals surface area contributed by atoms with Crippen molar-refractivity contribution in [3.05, 3.63) is 34.9 Å². The summed E-state index contributed by atoms with van der Waals surface area (Å²) in [6.07, 6.45) is 3.83. The number of amides is 1. The lowest BCUT2D eigenvalue weighted by Crippen LogP contribution is -2.55. The fourth-order valence-corrected chi connectivity index (χ4v) is 4.25.